The van der Waals surface area contributed by atoms with Gasteiger partial charge in [-0.2, -0.15) is 4.31 Å². The molecule has 0 spiro atoms. The van der Waals surface area contributed by atoms with Gasteiger partial charge in [0.1, 0.15) is 0 Å². The first-order chi connectivity index (χ1) is 12.6. The summed E-state index contributed by atoms with van der Waals surface area (Å²) in [6.45, 7) is 3.86. The van der Waals surface area contributed by atoms with Crippen molar-refractivity contribution in [1.82, 2.24) is 9.21 Å². The zero-order chi connectivity index (χ0) is 18.4. The minimum atomic E-state index is -3.51. The van der Waals surface area contributed by atoms with Crippen LogP contribution in [-0.2, 0) is 16.6 Å². The van der Waals surface area contributed by atoms with Crippen LogP contribution in [0.5, 0.6) is 0 Å². The van der Waals surface area contributed by atoms with Crippen LogP contribution in [0.1, 0.15) is 24.8 Å². The fourth-order valence-corrected chi connectivity index (χ4v) is 5.04. The smallest absolute Gasteiger partial charge is 0.243 e. The summed E-state index contributed by atoms with van der Waals surface area (Å²) in [7, 11) is -3.51. The summed E-state index contributed by atoms with van der Waals surface area (Å²) in [5, 5.41) is 0. The summed E-state index contributed by atoms with van der Waals surface area (Å²) >= 11 is 2.19. The lowest BCUT2D eigenvalue weighted by Crippen LogP contribution is -2.40. The molecule has 0 atom stereocenters. The number of hydrogen-bond donors (Lipinski definition) is 0. The molecule has 1 saturated heterocycles. The van der Waals surface area contributed by atoms with Gasteiger partial charge < -0.3 is 4.90 Å². The molecule has 140 valence electrons. The highest BCUT2D eigenvalue weighted by Crippen LogP contribution is 2.20. The van der Waals surface area contributed by atoms with Gasteiger partial charge in [0, 0.05) is 23.2 Å². The standard InChI is InChI=1S/C20H25IN2O2S/c21-19-9-11-20(12-10-19)26(24,25)23(17-18-7-3-1-4-8-18)16-15-22-13-5-2-6-14-22/h1,3-4,7-12H,2,5-6,13-17H2. The van der Waals surface area contributed by atoms with Crippen molar-refractivity contribution in [3.63, 3.8) is 0 Å². The molecule has 0 unspecified atom stereocenters. The summed E-state index contributed by atoms with van der Waals surface area (Å²) in [5.74, 6) is 0. The lowest BCUT2D eigenvalue weighted by Gasteiger charge is -2.29. The highest BCUT2D eigenvalue weighted by Gasteiger charge is 2.25. The van der Waals surface area contributed by atoms with Crippen molar-refractivity contribution >= 4 is 32.6 Å². The predicted octanol–water partition coefficient (Wildman–Crippen LogP) is 3.97. The summed E-state index contributed by atoms with van der Waals surface area (Å²) in [4.78, 5) is 2.75. The molecule has 0 bridgehead atoms. The quantitative estimate of drug-likeness (QED) is 0.559. The summed E-state index contributed by atoms with van der Waals surface area (Å²) in [6.07, 6.45) is 3.70. The third-order valence-corrected chi connectivity index (χ3v) is 7.35. The zero-order valence-corrected chi connectivity index (χ0v) is 17.8. The number of nitrogens with zero attached hydrogens (tertiary/aromatic N) is 2. The minimum Gasteiger partial charge on any atom is -0.302 e. The van der Waals surface area contributed by atoms with Crippen LogP contribution in [0.2, 0.25) is 0 Å². The second kappa shape index (κ2) is 9.30. The molecule has 2 aromatic carbocycles. The minimum absolute atomic E-state index is 0.368. The van der Waals surface area contributed by atoms with Gasteiger partial charge in [0.25, 0.3) is 0 Å². The van der Waals surface area contributed by atoms with Crippen molar-refractivity contribution in [3.8, 4) is 0 Å². The van der Waals surface area contributed by atoms with Crippen LogP contribution in [0.15, 0.2) is 59.5 Å². The van der Waals surface area contributed by atoms with Gasteiger partial charge in [-0.15, -0.1) is 0 Å². The molecule has 3 rings (SSSR count). The Kier molecular flexibility index (Phi) is 7.08. The Morgan fingerprint density at radius 1 is 0.923 bits per heavy atom. The molecule has 1 aliphatic rings. The topological polar surface area (TPSA) is 40.6 Å². The van der Waals surface area contributed by atoms with Crippen molar-refractivity contribution in [1.29, 1.82) is 0 Å². The fraction of sp³-hybridized carbons (Fsp3) is 0.400. The van der Waals surface area contributed by atoms with E-state index >= 15 is 0 Å². The molecule has 4 nitrogen and oxygen atoms in total. The van der Waals surface area contributed by atoms with Gasteiger partial charge in [0.2, 0.25) is 10.0 Å². The molecule has 6 heteroatoms. The molecule has 1 aliphatic heterocycles. The molecule has 0 radical (unpaired) electrons. The molecular weight excluding hydrogens is 459 g/mol. The van der Waals surface area contributed by atoms with E-state index in [4.69, 9.17) is 0 Å². The van der Waals surface area contributed by atoms with E-state index in [1.807, 2.05) is 42.5 Å². The van der Waals surface area contributed by atoms with Crippen LogP contribution < -0.4 is 0 Å². The Morgan fingerprint density at radius 2 is 1.58 bits per heavy atom. The third kappa shape index (κ3) is 5.28. The number of rotatable bonds is 7. The average molecular weight is 484 g/mol. The largest absolute Gasteiger partial charge is 0.302 e. The van der Waals surface area contributed by atoms with Crippen LogP contribution in [0.3, 0.4) is 0 Å². The number of piperidine rings is 1. The van der Waals surface area contributed by atoms with Crippen LogP contribution >= 0.6 is 22.6 Å². The molecule has 0 amide bonds. The van der Waals surface area contributed by atoms with E-state index in [1.54, 1.807) is 16.4 Å². The Hall–Kier alpha value is -0.960. The highest BCUT2D eigenvalue weighted by atomic mass is 127. The van der Waals surface area contributed by atoms with E-state index in [9.17, 15) is 8.42 Å². The fourth-order valence-electron chi connectivity index (χ4n) is 3.26. The maximum atomic E-state index is 13.2. The van der Waals surface area contributed by atoms with Gasteiger partial charge in [0.15, 0.2) is 0 Å². The van der Waals surface area contributed by atoms with Crippen molar-refractivity contribution in [3.05, 3.63) is 63.7 Å². The predicted molar refractivity (Wildman–Crippen MR) is 113 cm³/mol. The normalized spacial score (nSPS) is 16.1. The van der Waals surface area contributed by atoms with Gasteiger partial charge in [-0.3, -0.25) is 0 Å². The molecule has 26 heavy (non-hydrogen) atoms. The average Bonchev–Trinajstić information content (AvgIpc) is 2.67. The summed E-state index contributed by atoms with van der Waals surface area (Å²) in [5.41, 5.74) is 1.01. The van der Waals surface area contributed by atoms with E-state index in [0.717, 1.165) is 28.8 Å². The maximum Gasteiger partial charge on any atom is 0.243 e. The molecule has 0 aliphatic carbocycles. The Labute approximate surface area is 170 Å². The number of benzene rings is 2. The lowest BCUT2D eigenvalue weighted by atomic mass is 10.1. The molecule has 2 aromatic rings. The van der Waals surface area contributed by atoms with Crippen molar-refractivity contribution in [2.24, 2.45) is 0 Å². The van der Waals surface area contributed by atoms with Gasteiger partial charge >= 0.3 is 0 Å². The van der Waals surface area contributed by atoms with Crippen LogP contribution in [0, 0.1) is 3.57 Å². The number of halogens is 1. The third-order valence-electron chi connectivity index (χ3n) is 4.77. The van der Waals surface area contributed by atoms with Crippen molar-refractivity contribution in [2.45, 2.75) is 30.7 Å². The Morgan fingerprint density at radius 3 is 2.23 bits per heavy atom. The highest BCUT2D eigenvalue weighted by molar-refractivity contribution is 14.1. The van der Waals surface area contributed by atoms with E-state index in [1.165, 1.54) is 19.3 Å². The van der Waals surface area contributed by atoms with E-state index in [2.05, 4.69) is 27.5 Å². The van der Waals surface area contributed by atoms with Gasteiger partial charge in [-0.1, -0.05) is 36.8 Å². The first kappa shape index (κ1) is 19.8. The monoisotopic (exact) mass is 484 g/mol. The van der Waals surface area contributed by atoms with Crippen molar-refractivity contribution in [2.75, 3.05) is 26.2 Å². The second-order valence-corrected chi connectivity index (χ2v) is 9.86. The Bertz CT molecular complexity index is 788. The molecule has 1 heterocycles. The first-order valence-electron chi connectivity index (χ1n) is 9.08. The van der Waals surface area contributed by atoms with E-state index in [-0.39, 0.29) is 0 Å². The molecule has 0 N–H and O–H groups in total. The van der Waals surface area contributed by atoms with Crippen molar-refractivity contribution < 1.29 is 8.42 Å². The van der Waals surface area contributed by atoms with Crippen LogP contribution in [0.25, 0.3) is 0 Å². The van der Waals surface area contributed by atoms with Gasteiger partial charge in [-0.05, 0) is 78.4 Å². The molecular formula is C20H25IN2O2S. The summed E-state index contributed by atoms with van der Waals surface area (Å²) in [6, 6.07) is 16.9. The summed E-state index contributed by atoms with van der Waals surface area (Å²) < 4.78 is 29.1. The van der Waals surface area contributed by atoms with E-state index < -0.39 is 10.0 Å². The lowest BCUT2D eigenvalue weighted by molar-refractivity contribution is 0.211. The number of hydrogen-bond acceptors (Lipinski definition) is 3. The molecule has 1 fully saturated rings. The number of likely N-dealkylation sites (tertiary alicyclic amines) is 1. The Balaban J connectivity index is 1.79. The van der Waals surface area contributed by atoms with Gasteiger partial charge in [-0.25, -0.2) is 8.42 Å². The first-order valence-corrected chi connectivity index (χ1v) is 11.6. The maximum absolute atomic E-state index is 13.2. The van der Waals surface area contributed by atoms with Crippen LogP contribution in [0.4, 0.5) is 0 Å². The molecule has 0 aromatic heterocycles. The number of sulfonamides is 1. The SMILES string of the molecule is O=S(=O)(c1ccc(I)cc1)N(CCN1CCCCC1)Cc1ccccc1. The van der Waals surface area contributed by atoms with E-state index in [0.29, 0.717) is 18.0 Å². The van der Waals surface area contributed by atoms with Gasteiger partial charge in [0.05, 0.1) is 4.90 Å². The second-order valence-electron chi connectivity index (χ2n) is 6.68. The zero-order valence-electron chi connectivity index (χ0n) is 14.9. The molecule has 0 saturated carbocycles. The van der Waals surface area contributed by atoms with Crippen LogP contribution in [-0.4, -0.2) is 43.8 Å².